The average Bonchev–Trinajstić information content (AvgIpc) is 2.86. The van der Waals surface area contributed by atoms with Gasteiger partial charge in [0, 0.05) is 18.7 Å². The molecule has 0 bridgehead atoms. The summed E-state index contributed by atoms with van der Waals surface area (Å²) in [6.45, 7) is 1.01. The minimum absolute atomic E-state index is 0.0228. The Morgan fingerprint density at radius 2 is 1.88 bits per heavy atom. The third-order valence-electron chi connectivity index (χ3n) is 3.86. The van der Waals surface area contributed by atoms with E-state index in [4.69, 9.17) is 11.6 Å². The molecule has 4 nitrogen and oxygen atoms in total. The van der Waals surface area contributed by atoms with Gasteiger partial charge in [-0.05, 0) is 19.1 Å². The van der Waals surface area contributed by atoms with E-state index in [0.717, 1.165) is 13.8 Å². The highest BCUT2D eigenvalue weighted by Crippen LogP contribution is 2.41. The fourth-order valence-electron chi connectivity index (χ4n) is 2.35. The number of ether oxygens (including phenoxy) is 1. The lowest BCUT2D eigenvalue weighted by molar-refractivity contribution is -0.211. The average molecular weight is 398 g/mol. The smallest absolute Gasteiger partial charge is 0.394 e. The van der Waals surface area contributed by atoms with Gasteiger partial charge in [-0.3, -0.25) is 4.68 Å². The topological polar surface area (TPSA) is 39.9 Å². The highest BCUT2D eigenvalue weighted by molar-refractivity contribution is 6.33. The van der Waals surface area contributed by atoms with E-state index in [2.05, 4.69) is 14.8 Å². The lowest BCUT2D eigenvalue weighted by atomic mass is 9.87. The van der Waals surface area contributed by atoms with Crippen LogP contribution >= 0.6 is 11.6 Å². The molecule has 0 N–H and O–H groups in total. The zero-order chi connectivity index (χ0) is 19.7. The van der Waals surface area contributed by atoms with Gasteiger partial charge < -0.3 is 4.74 Å². The van der Waals surface area contributed by atoms with E-state index in [9.17, 15) is 22.0 Å². The van der Waals surface area contributed by atoms with Crippen molar-refractivity contribution in [2.24, 2.45) is 5.41 Å². The maximum Gasteiger partial charge on any atom is 0.394 e. The maximum atomic E-state index is 13.1. The van der Waals surface area contributed by atoms with Gasteiger partial charge in [-0.15, -0.1) is 0 Å². The summed E-state index contributed by atoms with van der Waals surface area (Å²) in [5.41, 5.74) is -1.67. The van der Waals surface area contributed by atoms with Crippen LogP contribution in [0.15, 0.2) is 18.3 Å². The summed E-state index contributed by atoms with van der Waals surface area (Å²) in [5.74, 6) is -0.493. The summed E-state index contributed by atoms with van der Waals surface area (Å²) in [5, 5.41) is 4.20. The van der Waals surface area contributed by atoms with Gasteiger partial charge in [0.25, 0.3) is 0 Å². The zero-order valence-corrected chi connectivity index (χ0v) is 15.0. The SMILES string of the molecule is CCn1ncc(Cl)c1-c1ccc(CC(C)(C)C(F)(F)F)nc1OC(F)F. The van der Waals surface area contributed by atoms with Crippen molar-refractivity contribution >= 4 is 11.6 Å². The Labute approximate surface area is 151 Å². The molecule has 2 aromatic rings. The van der Waals surface area contributed by atoms with Crippen molar-refractivity contribution in [3.8, 4) is 17.1 Å². The van der Waals surface area contributed by atoms with Crippen LogP contribution in [0.5, 0.6) is 5.88 Å². The first-order valence-electron chi connectivity index (χ1n) is 7.69. The normalized spacial score (nSPS) is 12.7. The second-order valence-corrected chi connectivity index (χ2v) is 6.66. The number of halogens is 6. The maximum absolute atomic E-state index is 13.1. The van der Waals surface area contributed by atoms with Crippen LogP contribution in [-0.2, 0) is 13.0 Å². The number of pyridine rings is 1. The van der Waals surface area contributed by atoms with Crippen LogP contribution in [0.25, 0.3) is 11.3 Å². The van der Waals surface area contributed by atoms with Crippen molar-refractivity contribution in [3.63, 3.8) is 0 Å². The molecule has 0 aromatic carbocycles. The predicted octanol–water partition coefficient (Wildman–Crippen LogP) is 5.35. The lowest BCUT2D eigenvalue weighted by Gasteiger charge is -2.27. The van der Waals surface area contributed by atoms with E-state index in [1.165, 1.54) is 23.0 Å². The third kappa shape index (κ3) is 4.25. The third-order valence-corrected chi connectivity index (χ3v) is 4.14. The molecule has 0 fully saturated rings. The largest absolute Gasteiger partial charge is 0.416 e. The fraction of sp³-hybridized carbons (Fsp3) is 0.500. The van der Waals surface area contributed by atoms with Crippen LogP contribution in [0.1, 0.15) is 26.5 Å². The molecule has 2 heterocycles. The second-order valence-electron chi connectivity index (χ2n) is 6.25. The Morgan fingerprint density at radius 3 is 2.42 bits per heavy atom. The van der Waals surface area contributed by atoms with Gasteiger partial charge in [0.05, 0.1) is 27.9 Å². The van der Waals surface area contributed by atoms with E-state index in [1.54, 1.807) is 6.92 Å². The van der Waals surface area contributed by atoms with Crippen LogP contribution in [0.3, 0.4) is 0 Å². The first kappa shape index (κ1) is 20.4. The minimum Gasteiger partial charge on any atom is -0.416 e. The van der Waals surface area contributed by atoms with E-state index in [0.29, 0.717) is 12.2 Å². The van der Waals surface area contributed by atoms with Gasteiger partial charge in [-0.1, -0.05) is 25.4 Å². The Bertz CT molecular complexity index is 774. The summed E-state index contributed by atoms with van der Waals surface area (Å²) in [4.78, 5) is 3.88. The number of hydrogen-bond acceptors (Lipinski definition) is 3. The van der Waals surface area contributed by atoms with Crippen LogP contribution in [0.2, 0.25) is 5.02 Å². The van der Waals surface area contributed by atoms with Gasteiger partial charge >= 0.3 is 12.8 Å². The van der Waals surface area contributed by atoms with Crippen LogP contribution in [0, 0.1) is 5.41 Å². The number of aromatic nitrogens is 3. The highest BCUT2D eigenvalue weighted by Gasteiger charge is 2.47. The standard InChI is InChI=1S/C16H17ClF5N3O/c1-4-25-12(11(17)8-23-25)10-6-5-9(24-13(10)26-14(18)19)7-15(2,3)16(20,21)22/h5-6,8,14H,4,7H2,1-3H3. The lowest BCUT2D eigenvalue weighted by Crippen LogP contribution is -2.34. The summed E-state index contributed by atoms with van der Waals surface area (Å²) in [7, 11) is 0. The minimum atomic E-state index is -4.47. The van der Waals surface area contributed by atoms with Gasteiger partial charge in [0.2, 0.25) is 5.88 Å². The number of rotatable bonds is 6. The fourth-order valence-corrected chi connectivity index (χ4v) is 2.60. The molecule has 2 rings (SSSR count). The molecule has 0 amide bonds. The Morgan fingerprint density at radius 1 is 1.23 bits per heavy atom. The molecule has 0 saturated heterocycles. The molecule has 0 unspecified atom stereocenters. The van der Waals surface area contributed by atoms with Crippen molar-refractivity contribution < 1.29 is 26.7 Å². The first-order chi connectivity index (χ1) is 12.0. The van der Waals surface area contributed by atoms with E-state index in [1.807, 2.05) is 0 Å². The molecule has 0 spiro atoms. The van der Waals surface area contributed by atoms with Crippen molar-refractivity contribution in [1.82, 2.24) is 14.8 Å². The predicted molar refractivity (Wildman–Crippen MR) is 86.3 cm³/mol. The van der Waals surface area contributed by atoms with Crippen molar-refractivity contribution in [2.75, 3.05) is 0 Å². The van der Waals surface area contributed by atoms with E-state index in [-0.39, 0.29) is 16.3 Å². The van der Waals surface area contributed by atoms with Crippen molar-refractivity contribution in [1.29, 1.82) is 0 Å². The van der Waals surface area contributed by atoms with Crippen LogP contribution in [0.4, 0.5) is 22.0 Å². The molecule has 144 valence electrons. The van der Waals surface area contributed by atoms with Gasteiger partial charge in [0.15, 0.2) is 0 Å². The van der Waals surface area contributed by atoms with Gasteiger partial charge in [-0.25, -0.2) is 4.98 Å². The molecule has 0 atom stereocenters. The molecular weight excluding hydrogens is 381 g/mol. The number of hydrogen-bond donors (Lipinski definition) is 0. The number of alkyl halides is 5. The summed E-state index contributed by atoms with van der Waals surface area (Å²) >= 11 is 6.07. The second kappa shape index (κ2) is 7.38. The van der Waals surface area contributed by atoms with Crippen LogP contribution in [-0.4, -0.2) is 27.6 Å². The van der Waals surface area contributed by atoms with Gasteiger partial charge in [-0.2, -0.15) is 27.1 Å². The van der Waals surface area contributed by atoms with Gasteiger partial charge in [0.1, 0.15) is 0 Å². The Kier molecular flexibility index (Phi) is 5.79. The van der Waals surface area contributed by atoms with Crippen LogP contribution < -0.4 is 4.74 Å². The first-order valence-corrected chi connectivity index (χ1v) is 8.07. The van der Waals surface area contributed by atoms with Crippen molar-refractivity contribution in [3.05, 3.63) is 29.0 Å². The molecular formula is C16H17ClF5N3O. The highest BCUT2D eigenvalue weighted by atomic mass is 35.5. The monoisotopic (exact) mass is 397 g/mol. The zero-order valence-electron chi connectivity index (χ0n) is 14.2. The molecule has 0 aliphatic heterocycles. The summed E-state index contributed by atoms with van der Waals surface area (Å²) < 4.78 is 70.7. The van der Waals surface area contributed by atoms with E-state index >= 15 is 0 Å². The molecule has 0 aliphatic rings. The summed E-state index contributed by atoms with van der Waals surface area (Å²) in [6, 6.07) is 2.70. The number of nitrogens with zero attached hydrogens (tertiary/aromatic N) is 3. The molecule has 2 aromatic heterocycles. The Balaban J connectivity index is 2.50. The molecule has 0 aliphatic carbocycles. The van der Waals surface area contributed by atoms with Crippen molar-refractivity contribution in [2.45, 2.75) is 46.5 Å². The summed E-state index contributed by atoms with van der Waals surface area (Å²) in [6.07, 6.45) is -3.62. The quantitative estimate of drug-likeness (QED) is 0.617. The molecule has 0 radical (unpaired) electrons. The van der Waals surface area contributed by atoms with E-state index < -0.39 is 30.5 Å². The Hall–Kier alpha value is -1.90. The molecule has 26 heavy (non-hydrogen) atoms. The number of aryl methyl sites for hydroxylation is 1. The molecule has 10 heteroatoms. The molecule has 0 saturated carbocycles.